The molecule has 0 aromatic heterocycles. The van der Waals surface area contributed by atoms with Crippen molar-refractivity contribution in [3.8, 4) is 0 Å². The number of methoxy groups -OCH3 is 2. The summed E-state index contributed by atoms with van der Waals surface area (Å²) < 4.78 is 10.8. The third-order valence-electron chi connectivity index (χ3n) is 7.24. The maximum absolute atomic E-state index is 12.8. The highest BCUT2D eigenvalue weighted by molar-refractivity contribution is 6.48. The SMILES string of the molecule is COC1=CC(=O)C(=O)C(C[C@@]2(C)C3=C(CC[C@@H]2C)C(C)(C)CCC3)=C1OC. The van der Waals surface area contributed by atoms with E-state index in [1.54, 1.807) is 5.57 Å². The molecule has 2 atom stereocenters. The second-order valence-electron chi connectivity index (χ2n) is 9.15. The molecule has 0 saturated carbocycles. The number of hydrogen-bond acceptors (Lipinski definition) is 4. The lowest BCUT2D eigenvalue weighted by Crippen LogP contribution is -2.39. The Morgan fingerprint density at radius 1 is 1.07 bits per heavy atom. The van der Waals surface area contributed by atoms with Gasteiger partial charge >= 0.3 is 0 Å². The van der Waals surface area contributed by atoms with E-state index in [0.717, 1.165) is 19.3 Å². The van der Waals surface area contributed by atoms with Crippen LogP contribution < -0.4 is 0 Å². The highest BCUT2D eigenvalue weighted by atomic mass is 16.5. The van der Waals surface area contributed by atoms with Crippen molar-refractivity contribution < 1.29 is 19.1 Å². The molecule has 0 spiro atoms. The number of carbonyl (C=O) groups excluding carboxylic acids is 2. The molecule has 4 nitrogen and oxygen atoms in total. The maximum Gasteiger partial charge on any atom is 0.232 e. The molecule has 0 fully saturated rings. The van der Waals surface area contributed by atoms with Crippen LogP contribution in [0.25, 0.3) is 0 Å². The van der Waals surface area contributed by atoms with Gasteiger partial charge in [0.25, 0.3) is 0 Å². The van der Waals surface area contributed by atoms with Gasteiger partial charge in [-0.15, -0.1) is 0 Å². The Labute approximate surface area is 162 Å². The molecule has 0 saturated heterocycles. The van der Waals surface area contributed by atoms with Gasteiger partial charge in [0.05, 0.1) is 19.8 Å². The molecular formula is C23H32O4. The van der Waals surface area contributed by atoms with Crippen molar-refractivity contribution in [2.75, 3.05) is 14.2 Å². The Hall–Kier alpha value is -1.84. The second-order valence-corrected chi connectivity index (χ2v) is 9.15. The van der Waals surface area contributed by atoms with Gasteiger partial charge in [0.2, 0.25) is 11.6 Å². The summed E-state index contributed by atoms with van der Waals surface area (Å²) in [5, 5.41) is 0. The number of carbonyl (C=O) groups is 2. The molecule has 0 aromatic carbocycles. The molecule has 3 rings (SSSR count). The van der Waals surface area contributed by atoms with E-state index in [1.807, 2.05) is 0 Å². The number of Topliss-reactive ketones (excluding diaryl/α,β-unsaturated/α-hetero) is 1. The molecule has 4 heteroatoms. The molecule has 27 heavy (non-hydrogen) atoms. The Kier molecular flexibility index (Phi) is 5.13. The highest BCUT2D eigenvalue weighted by Crippen LogP contribution is 2.57. The smallest absolute Gasteiger partial charge is 0.232 e. The predicted octanol–water partition coefficient (Wildman–Crippen LogP) is 4.90. The molecule has 0 radical (unpaired) electrons. The Morgan fingerprint density at radius 3 is 2.41 bits per heavy atom. The standard InChI is InChI=1S/C23H32O4/c1-14-9-10-16-17(8-7-11-22(16,2)3)23(14,4)13-15-20(25)18(24)12-19(26-5)21(15)27-6/h12,14H,7-11,13H2,1-6H3/t14-,23+/m0/s1. The van der Waals surface area contributed by atoms with Crippen molar-refractivity contribution in [3.05, 3.63) is 34.3 Å². The zero-order chi connectivity index (χ0) is 20.0. The molecule has 0 N–H and O–H groups in total. The lowest BCUT2D eigenvalue weighted by molar-refractivity contribution is -0.132. The summed E-state index contributed by atoms with van der Waals surface area (Å²) in [5.41, 5.74) is 3.63. The average molecular weight is 373 g/mol. The topological polar surface area (TPSA) is 52.6 Å². The molecule has 148 valence electrons. The molecule has 0 heterocycles. The van der Waals surface area contributed by atoms with Crippen LogP contribution >= 0.6 is 0 Å². The summed E-state index contributed by atoms with van der Waals surface area (Å²) in [6.45, 7) is 9.24. The average Bonchev–Trinajstić information content (AvgIpc) is 2.62. The van der Waals surface area contributed by atoms with Gasteiger partial charge in [-0.25, -0.2) is 0 Å². The summed E-state index contributed by atoms with van der Waals surface area (Å²) in [5.74, 6) is 0.230. The molecule has 0 amide bonds. The van der Waals surface area contributed by atoms with E-state index in [1.165, 1.54) is 38.7 Å². The van der Waals surface area contributed by atoms with E-state index in [-0.39, 0.29) is 10.8 Å². The molecule has 3 aliphatic rings. The van der Waals surface area contributed by atoms with Gasteiger partial charge in [0.1, 0.15) is 0 Å². The van der Waals surface area contributed by atoms with Crippen LogP contribution in [0.3, 0.4) is 0 Å². The Morgan fingerprint density at radius 2 is 1.78 bits per heavy atom. The summed E-state index contributed by atoms with van der Waals surface area (Å²) >= 11 is 0. The largest absolute Gasteiger partial charge is 0.493 e. The lowest BCUT2D eigenvalue weighted by atomic mass is 9.55. The zero-order valence-electron chi connectivity index (χ0n) is 17.5. The van der Waals surface area contributed by atoms with Crippen LogP contribution in [-0.4, -0.2) is 25.8 Å². The van der Waals surface area contributed by atoms with Crippen LogP contribution in [0.1, 0.15) is 66.2 Å². The van der Waals surface area contributed by atoms with E-state index in [2.05, 4.69) is 27.7 Å². The predicted molar refractivity (Wildman–Crippen MR) is 105 cm³/mol. The van der Waals surface area contributed by atoms with Crippen molar-refractivity contribution in [1.29, 1.82) is 0 Å². The highest BCUT2D eigenvalue weighted by Gasteiger charge is 2.46. The fourth-order valence-corrected chi connectivity index (χ4v) is 5.35. The summed E-state index contributed by atoms with van der Waals surface area (Å²) in [6.07, 6.45) is 7.51. The van der Waals surface area contributed by atoms with Crippen LogP contribution in [0.4, 0.5) is 0 Å². The van der Waals surface area contributed by atoms with E-state index < -0.39 is 11.6 Å². The third kappa shape index (κ3) is 3.17. The van der Waals surface area contributed by atoms with E-state index in [9.17, 15) is 9.59 Å². The molecule has 0 unspecified atom stereocenters. The first kappa shape index (κ1) is 19.9. The number of ether oxygens (including phenoxy) is 2. The minimum Gasteiger partial charge on any atom is -0.493 e. The molecule has 0 aromatic rings. The van der Waals surface area contributed by atoms with Gasteiger partial charge in [-0.05, 0) is 55.3 Å². The molecular weight excluding hydrogens is 340 g/mol. The fraction of sp³-hybridized carbons (Fsp3) is 0.652. The number of ketones is 2. The summed E-state index contributed by atoms with van der Waals surface area (Å²) in [4.78, 5) is 25.0. The van der Waals surface area contributed by atoms with Crippen LogP contribution in [0.15, 0.2) is 34.3 Å². The van der Waals surface area contributed by atoms with Crippen molar-refractivity contribution in [2.45, 2.75) is 66.2 Å². The van der Waals surface area contributed by atoms with Gasteiger partial charge in [0.15, 0.2) is 11.5 Å². The first-order valence-electron chi connectivity index (χ1n) is 10.0. The van der Waals surface area contributed by atoms with Crippen molar-refractivity contribution in [3.63, 3.8) is 0 Å². The quantitative estimate of drug-likeness (QED) is 0.400. The van der Waals surface area contributed by atoms with Crippen molar-refractivity contribution >= 4 is 11.6 Å². The van der Waals surface area contributed by atoms with Gasteiger partial charge in [-0.3, -0.25) is 9.59 Å². The molecule has 0 bridgehead atoms. The van der Waals surface area contributed by atoms with Crippen LogP contribution in [0.2, 0.25) is 0 Å². The second kappa shape index (κ2) is 6.96. The van der Waals surface area contributed by atoms with E-state index in [0.29, 0.717) is 29.4 Å². The lowest BCUT2D eigenvalue weighted by Gasteiger charge is -2.50. The Bertz CT molecular complexity index is 765. The van der Waals surface area contributed by atoms with E-state index in [4.69, 9.17) is 9.47 Å². The van der Waals surface area contributed by atoms with Gasteiger partial charge in [0, 0.05) is 6.08 Å². The fourth-order valence-electron chi connectivity index (χ4n) is 5.35. The number of hydrogen-bond donors (Lipinski definition) is 0. The summed E-state index contributed by atoms with van der Waals surface area (Å²) in [7, 11) is 3.03. The van der Waals surface area contributed by atoms with Gasteiger partial charge in [-0.2, -0.15) is 0 Å². The first-order chi connectivity index (χ1) is 12.7. The zero-order valence-corrected chi connectivity index (χ0v) is 17.5. The minimum atomic E-state index is -0.520. The first-order valence-corrected chi connectivity index (χ1v) is 10.0. The van der Waals surface area contributed by atoms with Crippen LogP contribution in [0.5, 0.6) is 0 Å². The minimum absolute atomic E-state index is 0.142. The van der Waals surface area contributed by atoms with Crippen LogP contribution in [0, 0.1) is 16.7 Å². The third-order valence-corrected chi connectivity index (χ3v) is 7.24. The van der Waals surface area contributed by atoms with Crippen LogP contribution in [-0.2, 0) is 19.1 Å². The van der Waals surface area contributed by atoms with E-state index >= 15 is 0 Å². The number of allylic oxidation sites excluding steroid dienone is 4. The monoisotopic (exact) mass is 372 g/mol. The molecule has 3 aliphatic carbocycles. The molecule has 0 aliphatic heterocycles. The summed E-state index contributed by atoms with van der Waals surface area (Å²) in [6, 6.07) is 0. The normalized spacial score (nSPS) is 30.9. The Balaban J connectivity index is 2.11. The maximum atomic E-state index is 12.8. The van der Waals surface area contributed by atoms with Gasteiger partial charge < -0.3 is 9.47 Å². The van der Waals surface area contributed by atoms with Gasteiger partial charge in [-0.1, -0.05) is 38.8 Å². The van der Waals surface area contributed by atoms with Crippen molar-refractivity contribution in [1.82, 2.24) is 0 Å². The number of rotatable bonds is 4. The van der Waals surface area contributed by atoms with Crippen molar-refractivity contribution in [2.24, 2.45) is 16.7 Å².